The lowest BCUT2D eigenvalue weighted by atomic mass is 10.2. The van der Waals surface area contributed by atoms with Gasteiger partial charge in [0.1, 0.15) is 0 Å². The molecule has 0 saturated heterocycles. The maximum atomic E-state index is 10.7. The van der Waals surface area contributed by atoms with E-state index >= 15 is 0 Å². The molecule has 0 amide bonds. The highest BCUT2D eigenvalue weighted by atomic mass is 16.5. The maximum Gasteiger partial charge on any atom is 0.309 e. The number of carbonyl (C=O) groups is 1. The molecule has 0 spiro atoms. The summed E-state index contributed by atoms with van der Waals surface area (Å²) in [6, 6.07) is 0. The molecule has 0 aliphatic heterocycles. The number of carbonyl (C=O) groups excluding carboxylic acids is 1. The summed E-state index contributed by atoms with van der Waals surface area (Å²) in [6.07, 6.45) is 14.3. The Hall–Kier alpha value is -1.31. The van der Waals surface area contributed by atoms with E-state index in [0.717, 1.165) is 12.8 Å². The van der Waals surface area contributed by atoms with Crippen LogP contribution in [0.5, 0.6) is 0 Å². The molecule has 0 N–H and O–H groups in total. The van der Waals surface area contributed by atoms with Gasteiger partial charge in [0.2, 0.25) is 0 Å². The third-order valence-corrected chi connectivity index (χ3v) is 1.63. The monoisotopic (exact) mass is 194 g/mol. The second-order valence-electron chi connectivity index (χ2n) is 2.78. The van der Waals surface area contributed by atoms with Crippen LogP contribution in [-0.4, -0.2) is 13.1 Å². The van der Waals surface area contributed by atoms with Crippen LogP contribution in [0.15, 0.2) is 36.5 Å². The quantitative estimate of drug-likeness (QED) is 0.281. The Morgan fingerprint density at radius 2 is 1.79 bits per heavy atom. The van der Waals surface area contributed by atoms with Crippen molar-refractivity contribution in [3.63, 3.8) is 0 Å². The summed E-state index contributed by atoms with van der Waals surface area (Å²) in [5.74, 6) is -0.205. The molecule has 0 heterocycles. The number of allylic oxidation sites excluding steroid dienone is 5. The lowest BCUT2D eigenvalue weighted by Gasteiger charge is -1.90. The van der Waals surface area contributed by atoms with Crippen molar-refractivity contribution in [2.45, 2.75) is 26.2 Å². The summed E-state index contributed by atoms with van der Waals surface area (Å²) in [6.45, 7) is 2.01. The van der Waals surface area contributed by atoms with Crippen LogP contribution in [0.4, 0.5) is 0 Å². The predicted octanol–water partition coefficient (Wildman–Crippen LogP) is 3.02. The van der Waals surface area contributed by atoms with Crippen LogP contribution >= 0.6 is 0 Å². The number of hydrogen-bond donors (Lipinski definition) is 0. The van der Waals surface area contributed by atoms with Gasteiger partial charge in [0.05, 0.1) is 13.5 Å². The minimum atomic E-state index is -0.205. The first kappa shape index (κ1) is 12.7. The van der Waals surface area contributed by atoms with Crippen LogP contribution in [0.3, 0.4) is 0 Å². The van der Waals surface area contributed by atoms with E-state index in [1.807, 2.05) is 25.2 Å². The Morgan fingerprint density at radius 3 is 2.43 bits per heavy atom. The van der Waals surface area contributed by atoms with Crippen LogP contribution in [0.2, 0.25) is 0 Å². The zero-order valence-electron chi connectivity index (χ0n) is 8.90. The Morgan fingerprint density at radius 1 is 1.14 bits per heavy atom. The zero-order chi connectivity index (χ0) is 10.6. The first-order valence-electron chi connectivity index (χ1n) is 4.81. The van der Waals surface area contributed by atoms with Crippen LogP contribution in [-0.2, 0) is 9.53 Å². The molecular formula is C12H18O2. The van der Waals surface area contributed by atoms with E-state index in [1.165, 1.54) is 7.11 Å². The molecule has 2 heteroatoms. The van der Waals surface area contributed by atoms with Crippen LogP contribution in [0.1, 0.15) is 26.2 Å². The van der Waals surface area contributed by atoms with Gasteiger partial charge in [0, 0.05) is 0 Å². The largest absolute Gasteiger partial charge is 0.469 e. The number of hydrogen-bond acceptors (Lipinski definition) is 2. The van der Waals surface area contributed by atoms with Crippen molar-refractivity contribution in [3.05, 3.63) is 36.5 Å². The predicted molar refractivity (Wildman–Crippen MR) is 59.0 cm³/mol. The molecule has 0 aromatic heterocycles. The number of unbranched alkanes of at least 4 members (excludes halogenated alkanes) is 1. The van der Waals surface area contributed by atoms with Gasteiger partial charge < -0.3 is 4.74 Å². The van der Waals surface area contributed by atoms with Gasteiger partial charge in [0.15, 0.2) is 0 Å². The molecule has 78 valence electrons. The normalized spacial score (nSPS) is 11.9. The topological polar surface area (TPSA) is 26.3 Å². The van der Waals surface area contributed by atoms with Crippen molar-refractivity contribution in [2.75, 3.05) is 7.11 Å². The number of esters is 1. The van der Waals surface area contributed by atoms with Gasteiger partial charge in [0.25, 0.3) is 0 Å². The lowest BCUT2D eigenvalue weighted by molar-refractivity contribution is -0.139. The molecule has 0 aliphatic carbocycles. The van der Waals surface area contributed by atoms with Crippen LogP contribution < -0.4 is 0 Å². The van der Waals surface area contributed by atoms with Gasteiger partial charge in [-0.05, 0) is 19.8 Å². The average molecular weight is 194 g/mol. The van der Waals surface area contributed by atoms with Crippen molar-refractivity contribution in [2.24, 2.45) is 0 Å². The van der Waals surface area contributed by atoms with E-state index in [-0.39, 0.29) is 5.97 Å². The van der Waals surface area contributed by atoms with Crippen molar-refractivity contribution in [3.8, 4) is 0 Å². The van der Waals surface area contributed by atoms with Crippen molar-refractivity contribution < 1.29 is 9.53 Å². The molecular weight excluding hydrogens is 176 g/mol. The molecule has 0 atom stereocenters. The van der Waals surface area contributed by atoms with E-state index in [0.29, 0.717) is 6.42 Å². The lowest BCUT2D eigenvalue weighted by Crippen LogP contribution is -1.96. The fourth-order valence-electron chi connectivity index (χ4n) is 0.860. The minimum Gasteiger partial charge on any atom is -0.469 e. The van der Waals surface area contributed by atoms with E-state index in [9.17, 15) is 4.79 Å². The number of methoxy groups -OCH3 is 1. The average Bonchev–Trinajstić information content (AvgIpc) is 2.21. The van der Waals surface area contributed by atoms with Gasteiger partial charge in [-0.25, -0.2) is 0 Å². The third kappa shape index (κ3) is 8.78. The molecule has 0 rings (SSSR count). The molecule has 14 heavy (non-hydrogen) atoms. The molecule has 0 bridgehead atoms. The Labute approximate surface area is 86.0 Å². The van der Waals surface area contributed by atoms with Crippen LogP contribution in [0.25, 0.3) is 0 Å². The first-order valence-corrected chi connectivity index (χ1v) is 4.81. The van der Waals surface area contributed by atoms with Gasteiger partial charge >= 0.3 is 5.97 Å². The zero-order valence-corrected chi connectivity index (χ0v) is 8.90. The third-order valence-electron chi connectivity index (χ3n) is 1.63. The fraction of sp³-hybridized carbons (Fsp3) is 0.417. The highest BCUT2D eigenvalue weighted by Crippen LogP contribution is 1.93. The Kier molecular flexibility index (Phi) is 8.86. The molecule has 0 aromatic carbocycles. The maximum absolute atomic E-state index is 10.7. The fourth-order valence-corrected chi connectivity index (χ4v) is 0.860. The van der Waals surface area contributed by atoms with Crippen LogP contribution in [0, 0.1) is 0 Å². The SMILES string of the molecule is C/C=C/CC/C=C/C=C/CC(=O)OC. The summed E-state index contributed by atoms with van der Waals surface area (Å²) >= 11 is 0. The second kappa shape index (κ2) is 9.78. The molecule has 0 radical (unpaired) electrons. The summed E-state index contributed by atoms with van der Waals surface area (Å²) < 4.78 is 4.49. The van der Waals surface area contributed by atoms with Gasteiger partial charge in [-0.3, -0.25) is 4.79 Å². The van der Waals surface area contributed by atoms with E-state index < -0.39 is 0 Å². The summed E-state index contributed by atoms with van der Waals surface area (Å²) in [4.78, 5) is 10.7. The molecule has 0 aliphatic rings. The molecule has 2 nitrogen and oxygen atoms in total. The second-order valence-corrected chi connectivity index (χ2v) is 2.78. The van der Waals surface area contributed by atoms with Gasteiger partial charge in [-0.2, -0.15) is 0 Å². The Bertz CT molecular complexity index is 224. The van der Waals surface area contributed by atoms with E-state index in [4.69, 9.17) is 0 Å². The molecule has 0 unspecified atom stereocenters. The van der Waals surface area contributed by atoms with Gasteiger partial charge in [-0.1, -0.05) is 36.5 Å². The highest BCUT2D eigenvalue weighted by molar-refractivity contribution is 5.70. The van der Waals surface area contributed by atoms with Gasteiger partial charge in [-0.15, -0.1) is 0 Å². The van der Waals surface area contributed by atoms with Crippen molar-refractivity contribution >= 4 is 5.97 Å². The summed E-state index contributed by atoms with van der Waals surface area (Å²) in [5, 5.41) is 0. The van der Waals surface area contributed by atoms with E-state index in [1.54, 1.807) is 6.08 Å². The highest BCUT2D eigenvalue weighted by Gasteiger charge is 1.91. The van der Waals surface area contributed by atoms with E-state index in [2.05, 4.69) is 16.9 Å². The number of ether oxygens (including phenoxy) is 1. The minimum absolute atomic E-state index is 0.205. The molecule has 0 saturated carbocycles. The first-order chi connectivity index (χ1) is 6.81. The number of rotatable bonds is 6. The summed E-state index contributed by atoms with van der Waals surface area (Å²) in [7, 11) is 1.39. The molecule has 0 aromatic rings. The molecule has 0 fully saturated rings. The Balaban J connectivity index is 3.46. The summed E-state index contributed by atoms with van der Waals surface area (Å²) in [5.41, 5.74) is 0. The van der Waals surface area contributed by atoms with Crippen molar-refractivity contribution in [1.29, 1.82) is 0 Å². The van der Waals surface area contributed by atoms with Crippen molar-refractivity contribution in [1.82, 2.24) is 0 Å². The smallest absolute Gasteiger partial charge is 0.309 e. The standard InChI is InChI=1S/C12H18O2/c1-3-4-5-6-7-8-9-10-11-12(13)14-2/h3-4,7-10H,5-6,11H2,1-2H3/b4-3+,8-7+,10-9+.